The summed E-state index contributed by atoms with van der Waals surface area (Å²) >= 11 is 0. The molecule has 1 unspecified atom stereocenters. The Labute approximate surface area is 93.8 Å². The summed E-state index contributed by atoms with van der Waals surface area (Å²) in [4.78, 5) is 12.8. The summed E-state index contributed by atoms with van der Waals surface area (Å²) in [5, 5.41) is 0. The average Bonchev–Trinajstić information content (AvgIpc) is 2.14. The van der Waals surface area contributed by atoms with Crippen molar-refractivity contribution in [1.82, 2.24) is 4.90 Å². The molecule has 1 amide bonds. The van der Waals surface area contributed by atoms with Crippen LogP contribution < -0.4 is 5.73 Å². The topological polar surface area (TPSA) is 46.3 Å². The van der Waals surface area contributed by atoms with E-state index in [9.17, 15) is 18.0 Å². The molecule has 0 radical (unpaired) electrons. The van der Waals surface area contributed by atoms with Gasteiger partial charge in [0.25, 0.3) is 5.91 Å². The highest BCUT2D eigenvalue weighted by Crippen LogP contribution is 2.29. The maximum Gasteiger partial charge on any atom is 0.415 e. The number of alkyl halides is 3. The third-order valence-electron chi connectivity index (χ3n) is 2.31. The van der Waals surface area contributed by atoms with Crippen molar-refractivity contribution in [3.63, 3.8) is 0 Å². The smallest absolute Gasteiger partial charge is 0.341 e. The molecule has 0 aliphatic heterocycles. The summed E-state index contributed by atoms with van der Waals surface area (Å²) in [7, 11) is 0. The van der Waals surface area contributed by atoms with Crippen molar-refractivity contribution in [2.24, 2.45) is 5.73 Å². The first-order valence-electron chi connectivity index (χ1n) is 5.33. The van der Waals surface area contributed by atoms with E-state index in [0.29, 0.717) is 32.9 Å². The molecule has 0 fully saturated rings. The van der Waals surface area contributed by atoms with Crippen LogP contribution in [-0.2, 0) is 4.79 Å². The summed E-state index contributed by atoms with van der Waals surface area (Å²) in [6.07, 6.45) is -3.50. The molecule has 0 heterocycles. The summed E-state index contributed by atoms with van der Waals surface area (Å²) < 4.78 is 37.7. The number of carbonyl (C=O) groups excluding carboxylic acids is 1. The summed E-state index contributed by atoms with van der Waals surface area (Å²) in [5.74, 6) is -1.05. The Morgan fingerprint density at radius 3 is 1.81 bits per heavy atom. The van der Waals surface area contributed by atoms with E-state index in [1.807, 2.05) is 0 Å². The van der Waals surface area contributed by atoms with Crippen molar-refractivity contribution < 1.29 is 18.0 Å². The van der Waals surface area contributed by atoms with Gasteiger partial charge in [0.15, 0.2) is 5.54 Å². The van der Waals surface area contributed by atoms with Crippen molar-refractivity contribution in [2.75, 3.05) is 13.1 Å². The van der Waals surface area contributed by atoms with E-state index in [4.69, 9.17) is 5.73 Å². The largest absolute Gasteiger partial charge is 0.415 e. The lowest BCUT2D eigenvalue weighted by Gasteiger charge is -2.32. The highest BCUT2D eigenvalue weighted by Gasteiger charge is 2.55. The van der Waals surface area contributed by atoms with Gasteiger partial charge in [0.2, 0.25) is 0 Å². The SMILES string of the molecule is CCCN(CCC)C(=O)C(C)(N)C(F)(F)F. The van der Waals surface area contributed by atoms with Crippen LogP contribution in [0.2, 0.25) is 0 Å². The van der Waals surface area contributed by atoms with Crippen molar-refractivity contribution in [3.05, 3.63) is 0 Å². The Balaban J connectivity index is 4.85. The van der Waals surface area contributed by atoms with Crippen molar-refractivity contribution in [2.45, 2.75) is 45.3 Å². The van der Waals surface area contributed by atoms with Gasteiger partial charge in [-0.05, 0) is 19.8 Å². The molecule has 0 aliphatic rings. The number of rotatable bonds is 5. The zero-order valence-electron chi connectivity index (χ0n) is 9.90. The summed E-state index contributed by atoms with van der Waals surface area (Å²) in [6.45, 7) is 4.92. The van der Waals surface area contributed by atoms with E-state index in [1.165, 1.54) is 4.90 Å². The number of amides is 1. The Bertz CT molecular complexity index is 233. The van der Waals surface area contributed by atoms with Gasteiger partial charge in [-0.25, -0.2) is 0 Å². The Hall–Kier alpha value is -0.780. The number of hydrogen-bond donors (Lipinski definition) is 1. The van der Waals surface area contributed by atoms with Crippen LogP contribution in [0.25, 0.3) is 0 Å². The predicted octanol–water partition coefficient (Wildman–Crippen LogP) is 1.91. The second kappa shape index (κ2) is 5.52. The normalized spacial score (nSPS) is 15.7. The molecular formula is C10H19F3N2O. The van der Waals surface area contributed by atoms with Gasteiger partial charge in [0.1, 0.15) is 0 Å². The zero-order valence-corrected chi connectivity index (χ0v) is 9.90. The van der Waals surface area contributed by atoms with Crippen LogP contribution in [0, 0.1) is 0 Å². The maximum absolute atomic E-state index is 12.6. The molecule has 0 bridgehead atoms. The molecule has 2 N–H and O–H groups in total. The minimum atomic E-state index is -4.72. The highest BCUT2D eigenvalue weighted by molar-refractivity contribution is 5.86. The minimum Gasteiger partial charge on any atom is -0.341 e. The molecule has 0 aromatic heterocycles. The summed E-state index contributed by atoms with van der Waals surface area (Å²) in [5.41, 5.74) is 2.29. The predicted molar refractivity (Wildman–Crippen MR) is 55.8 cm³/mol. The first-order chi connectivity index (χ1) is 7.18. The molecule has 0 aromatic rings. The molecule has 96 valence electrons. The van der Waals surface area contributed by atoms with Gasteiger partial charge < -0.3 is 10.6 Å². The van der Waals surface area contributed by atoms with E-state index in [2.05, 4.69) is 0 Å². The molecule has 6 heteroatoms. The lowest BCUT2D eigenvalue weighted by molar-refractivity contribution is -0.193. The number of halogens is 3. The van der Waals surface area contributed by atoms with Crippen LogP contribution in [-0.4, -0.2) is 35.6 Å². The number of carbonyl (C=O) groups is 1. The van der Waals surface area contributed by atoms with Gasteiger partial charge in [-0.3, -0.25) is 4.79 Å². The van der Waals surface area contributed by atoms with Gasteiger partial charge in [-0.2, -0.15) is 13.2 Å². The molecule has 0 rings (SSSR count). The van der Waals surface area contributed by atoms with E-state index in [1.54, 1.807) is 13.8 Å². The lowest BCUT2D eigenvalue weighted by atomic mass is 10.0. The minimum absolute atomic E-state index is 0.301. The molecule has 16 heavy (non-hydrogen) atoms. The molecule has 0 aromatic carbocycles. The number of nitrogens with two attached hydrogens (primary N) is 1. The first-order valence-corrected chi connectivity index (χ1v) is 5.33. The van der Waals surface area contributed by atoms with Crippen LogP contribution in [0.3, 0.4) is 0 Å². The van der Waals surface area contributed by atoms with Crippen molar-refractivity contribution in [3.8, 4) is 0 Å². The van der Waals surface area contributed by atoms with Crippen LogP contribution in [0.4, 0.5) is 13.2 Å². The Morgan fingerprint density at radius 2 is 1.56 bits per heavy atom. The fourth-order valence-corrected chi connectivity index (χ4v) is 1.30. The van der Waals surface area contributed by atoms with Crippen LogP contribution in [0.15, 0.2) is 0 Å². The fourth-order valence-electron chi connectivity index (χ4n) is 1.30. The van der Waals surface area contributed by atoms with Crippen LogP contribution in [0.5, 0.6) is 0 Å². The second-order valence-corrected chi connectivity index (χ2v) is 3.99. The molecule has 1 atom stereocenters. The maximum atomic E-state index is 12.6. The third-order valence-corrected chi connectivity index (χ3v) is 2.31. The first kappa shape index (κ1) is 15.2. The molecule has 3 nitrogen and oxygen atoms in total. The van der Waals surface area contributed by atoms with E-state index >= 15 is 0 Å². The fraction of sp³-hybridized carbons (Fsp3) is 0.900. The van der Waals surface area contributed by atoms with Crippen molar-refractivity contribution in [1.29, 1.82) is 0 Å². The van der Waals surface area contributed by atoms with Gasteiger partial charge in [-0.15, -0.1) is 0 Å². The second-order valence-electron chi connectivity index (χ2n) is 3.99. The highest BCUT2D eigenvalue weighted by atomic mass is 19.4. The van der Waals surface area contributed by atoms with Crippen LogP contribution in [0.1, 0.15) is 33.6 Å². The van der Waals surface area contributed by atoms with Crippen molar-refractivity contribution >= 4 is 5.91 Å². The van der Waals surface area contributed by atoms with E-state index in [0.717, 1.165) is 0 Å². The Kier molecular flexibility index (Phi) is 5.25. The van der Waals surface area contributed by atoms with E-state index < -0.39 is 17.6 Å². The van der Waals surface area contributed by atoms with Gasteiger partial charge in [-0.1, -0.05) is 13.8 Å². The molecule has 0 aliphatic carbocycles. The Morgan fingerprint density at radius 1 is 1.19 bits per heavy atom. The quantitative estimate of drug-likeness (QED) is 0.798. The zero-order chi connectivity index (χ0) is 13.0. The molecule has 0 spiro atoms. The monoisotopic (exact) mass is 240 g/mol. The lowest BCUT2D eigenvalue weighted by Crippen LogP contribution is -2.62. The van der Waals surface area contributed by atoms with Gasteiger partial charge in [0, 0.05) is 13.1 Å². The number of nitrogens with zero attached hydrogens (tertiary/aromatic N) is 1. The third kappa shape index (κ3) is 3.37. The standard InChI is InChI=1S/C10H19F3N2O/c1-4-6-15(7-5-2)8(16)9(3,14)10(11,12)13/h4-7,14H2,1-3H3. The van der Waals surface area contributed by atoms with E-state index in [-0.39, 0.29) is 0 Å². The molecule has 0 saturated heterocycles. The average molecular weight is 240 g/mol. The number of hydrogen-bond acceptors (Lipinski definition) is 2. The molecule has 0 saturated carbocycles. The van der Waals surface area contributed by atoms with Gasteiger partial charge >= 0.3 is 6.18 Å². The summed E-state index contributed by atoms with van der Waals surface area (Å²) in [6, 6.07) is 0. The van der Waals surface area contributed by atoms with Gasteiger partial charge in [0.05, 0.1) is 0 Å². The van der Waals surface area contributed by atoms with Crippen LogP contribution >= 0.6 is 0 Å². The molecular weight excluding hydrogens is 221 g/mol.